The number of carbonyl (C=O) groups excluding carboxylic acids is 1. The molecular weight excluding hydrogens is 616 g/mol. The Morgan fingerprint density at radius 3 is 2.68 bits per heavy atom. The standard InChI is InChI=1S/C35H44N6O5S/c1-7-45-34(42)20-29(26-17-30-35(32(18-26)44-5)39(4)38-37-30)25-9-8-23(2)27(16-25)22-41-21-24(3)46-31-19-28(40-14-12-36-13-15-40)10-11-33(31)47(41,6)43/h8-11,16-19,24,29,36H,6-7,12-15,20-22H2,1-5H3/t24-,29?,47?/m1/s1. The van der Waals surface area contributed by atoms with E-state index in [0.717, 1.165) is 59.6 Å². The molecule has 4 aromatic rings. The van der Waals surface area contributed by atoms with E-state index in [4.69, 9.17) is 14.2 Å². The van der Waals surface area contributed by atoms with Gasteiger partial charge < -0.3 is 24.4 Å². The molecule has 3 heterocycles. The first-order valence-corrected chi connectivity index (χ1v) is 17.8. The fourth-order valence-electron chi connectivity index (χ4n) is 6.56. The predicted molar refractivity (Wildman–Crippen MR) is 185 cm³/mol. The zero-order valence-electron chi connectivity index (χ0n) is 27.8. The number of carbonyl (C=O) groups is 1. The molecule has 0 spiro atoms. The summed E-state index contributed by atoms with van der Waals surface area (Å²) in [7, 11) is 0.544. The monoisotopic (exact) mass is 660 g/mol. The molecule has 11 nitrogen and oxygen atoms in total. The predicted octanol–water partition coefficient (Wildman–Crippen LogP) is 4.05. The average Bonchev–Trinajstić information content (AvgIpc) is 3.40. The SMILES string of the molecule is C=S1(=O)c2ccc(N3CCNCC3)cc2O[C@H](C)CN1Cc1cc(C(CC(=O)OCC)c2cc(OC)c3c(c2)nnn3C)ccc1C. The Hall–Kier alpha value is -4.13. The van der Waals surface area contributed by atoms with Crippen LogP contribution in [0.25, 0.3) is 11.0 Å². The lowest BCUT2D eigenvalue weighted by atomic mass is 9.86. The molecule has 0 amide bonds. The molecule has 0 saturated carbocycles. The Morgan fingerprint density at radius 2 is 1.94 bits per heavy atom. The van der Waals surface area contributed by atoms with Gasteiger partial charge in [0.2, 0.25) is 0 Å². The highest BCUT2D eigenvalue weighted by atomic mass is 32.2. The number of benzene rings is 3. The number of aromatic nitrogens is 3. The molecule has 0 bridgehead atoms. The van der Waals surface area contributed by atoms with Crippen molar-refractivity contribution in [2.75, 3.05) is 51.3 Å². The summed E-state index contributed by atoms with van der Waals surface area (Å²) in [6.45, 7) is 10.7. The minimum absolute atomic E-state index is 0.134. The highest BCUT2D eigenvalue weighted by molar-refractivity contribution is 7.98. The summed E-state index contributed by atoms with van der Waals surface area (Å²) in [5.74, 6) is 4.91. The first-order valence-electron chi connectivity index (χ1n) is 16.1. The van der Waals surface area contributed by atoms with Gasteiger partial charge in [0.15, 0.2) is 0 Å². The first-order chi connectivity index (χ1) is 22.6. The molecule has 47 heavy (non-hydrogen) atoms. The lowest BCUT2D eigenvalue weighted by molar-refractivity contribution is -0.143. The van der Waals surface area contributed by atoms with Crippen molar-refractivity contribution in [1.29, 1.82) is 0 Å². The number of piperazine rings is 1. The molecule has 3 atom stereocenters. The van der Waals surface area contributed by atoms with Gasteiger partial charge in [-0.05, 0) is 73.2 Å². The smallest absolute Gasteiger partial charge is 0.306 e. The third kappa shape index (κ3) is 6.67. The van der Waals surface area contributed by atoms with Crippen molar-refractivity contribution in [3.63, 3.8) is 0 Å². The summed E-state index contributed by atoms with van der Waals surface area (Å²) >= 11 is 0. The van der Waals surface area contributed by atoms with Crippen molar-refractivity contribution in [3.8, 4) is 11.5 Å². The van der Waals surface area contributed by atoms with Crippen LogP contribution < -0.4 is 19.7 Å². The number of hydrogen-bond donors (Lipinski definition) is 1. The van der Waals surface area contributed by atoms with Crippen molar-refractivity contribution in [1.82, 2.24) is 24.6 Å². The fourth-order valence-corrected chi connectivity index (χ4v) is 8.34. The third-order valence-corrected chi connectivity index (χ3v) is 11.2. The third-order valence-electron chi connectivity index (χ3n) is 9.07. The van der Waals surface area contributed by atoms with Crippen LogP contribution in [0.1, 0.15) is 48.4 Å². The molecule has 250 valence electrons. The maximum Gasteiger partial charge on any atom is 0.306 e. The Balaban J connectivity index is 1.35. The first kappa shape index (κ1) is 32.8. The summed E-state index contributed by atoms with van der Waals surface area (Å²) < 4.78 is 35.7. The van der Waals surface area contributed by atoms with Gasteiger partial charge in [0.1, 0.15) is 28.6 Å². The van der Waals surface area contributed by atoms with Crippen LogP contribution in [0.2, 0.25) is 0 Å². The fraction of sp³-hybridized carbons (Fsp3) is 0.429. The van der Waals surface area contributed by atoms with Gasteiger partial charge in [0, 0.05) is 64.0 Å². The number of hydrogen-bond acceptors (Lipinski definition) is 9. The second-order valence-corrected chi connectivity index (χ2v) is 14.5. The van der Waals surface area contributed by atoms with Crippen molar-refractivity contribution in [3.05, 3.63) is 70.8 Å². The number of ether oxygens (including phenoxy) is 3. The van der Waals surface area contributed by atoms with Gasteiger partial charge in [-0.2, -0.15) is 0 Å². The Labute approximate surface area is 276 Å². The summed E-state index contributed by atoms with van der Waals surface area (Å²) in [5.41, 5.74) is 6.36. The molecule has 2 aliphatic rings. The molecule has 6 rings (SSSR count). The second-order valence-electron chi connectivity index (χ2n) is 12.3. The summed E-state index contributed by atoms with van der Waals surface area (Å²) in [6.07, 6.45) is -0.0716. The van der Waals surface area contributed by atoms with Gasteiger partial charge in [0.25, 0.3) is 0 Å². The molecule has 1 N–H and O–H groups in total. The molecule has 0 aliphatic carbocycles. The normalized spacial score (nSPS) is 20.7. The van der Waals surface area contributed by atoms with Crippen molar-refractivity contribution >= 4 is 38.3 Å². The molecule has 3 aromatic carbocycles. The molecule has 2 unspecified atom stereocenters. The maximum absolute atomic E-state index is 14.6. The minimum Gasteiger partial charge on any atom is -0.494 e. The van der Waals surface area contributed by atoms with E-state index >= 15 is 0 Å². The average molecular weight is 661 g/mol. The number of esters is 1. The van der Waals surface area contributed by atoms with Gasteiger partial charge in [-0.3, -0.25) is 4.79 Å². The molecule has 2 aliphatic heterocycles. The van der Waals surface area contributed by atoms with E-state index in [1.807, 2.05) is 61.6 Å². The van der Waals surface area contributed by atoms with Crippen LogP contribution in [-0.2, 0) is 32.8 Å². The van der Waals surface area contributed by atoms with Crippen molar-refractivity contribution in [2.24, 2.45) is 7.05 Å². The van der Waals surface area contributed by atoms with Crippen LogP contribution in [0.3, 0.4) is 0 Å². The number of rotatable bonds is 9. The van der Waals surface area contributed by atoms with Crippen LogP contribution in [-0.4, -0.2) is 87.9 Å². The van der Waals surface area contributed by atoms with E-state index in [1.165, 1.54) is 0 Å². The van der Waals surface area contributed by atoms with E-state index < -0.39 is 9.71 Å². The molecular formula is C35H44N6O5S. The molecule has 1 fully saturated rings. The molecule has 12 heteroatoms. The number of aryl methyl sites for hydroxylation is 2. The van der Waals surface area contributed by atoms with E-state index in [0.29, 0.717) is 41.6 Å². The zero-order valence-corrected chi connectivity index (χ0v) is 28.6. The van der Waals surface area contributed by atoms with Gasteiger partial charge in [0.05, 0.1) is 34.7 Å². The van der Waals surface area contributed by atoms with Gasteiger partial charge in [-0.1, -0.05) is 23.4 Å². The zero-order chi connectivity index (χ0) is 33.3. The highest BCUT2D eigenvalue weighted by Gasteiger charge is 2.31. The molecule has 1 aromatic heterocycles. The molecule has 0 radical (unpaired) electrons. The Bertz CT molecular complexity index is 1880. The van der Waals surface area contributed by atoms with E-state index in [-0.39, 0.29) is 24.4 Å². The quantitative estimate of drug-likeness (QED) is 0.210. The summed E-state index contributed by atoms with van der Waals surface area (Å²) in [4.78, 5) is 15.9. The number of nitrogens with zero attached hydrogens (tertiary/aromatic N) is 5. The van der Waals surface area contributed by atoms with Crippen molar-refractivity contribution < 1.29 is 23.2 Å². The van der Waals surface area contributed by atoms with Gasteiger partial charge >= 0.3 is 5.97 Å². The highest BCUT2D eigenvalue weighted by Crippen LogP contribution is 2.38. The van der Waals surface area contributed by atoms with Crippen LogP contribution >= 0.6 is 0 Å². The topological polar surface area (TPSA) is 111 Å². The maximum atomic E-state index is 14.6. The van der Waals surface area contributed by atoms with Gasteiger partial charge in [-0.25, -0.2) is 13.2 Å². The number of methoxy groups -OCH3 is 1. The Kier molecular flexibility index (Phi) is 9.45. The van der Waals surface area contributed by atoms with E-state index in [2.05, 4.69) is 38.5 Å². The van der Waals surface area contributed by atoms with E-state index in [1.54, 1.807) is 18.7 Å². The van der Waals surface area contributed by atoms with Crippen LogP contribution in [0, 0.1) is 6.92 Å². The minimum atomic E-state index is -2.89. The van der Waals surface area contributed by atoms with E-state index in [9.17, 15) is 9.00 Å². The van der Waals surface area contributed by atoms with Crippen LogP contribution in [0.4, 0.5) is 5.69 Å². The van der Waals surface area contributed by atoms with Gasteiger partial charge in [-0.15, -0.1) is 5.10 Å². The molecule has 1 saturated heterocycles. The van der Waals surface area contributed by atoms with Crippen LogP contribution in [0.5, 0.6) is 11.5 Å². The number of nitrogens with one attached hydrogen (secondary N) is 1. The number of fused-ring (bicyclic) bond motifs is 2. The van der Waals surface area contributed by atoms with Crippen molar-refractivity contribution in [2.45, 2.75) is 50.7 Å². The summed E-state index contributed by atoms with van der Waals surface area (Å²) in [5, 5.41) is 11.9. The summed E-state index contributed by atoms with van der Waals surface area (Å²) in [6, 6.07) is 16.1. The Morgan fingerprint density at radius 1 is 1.15 bits per heavy atom. The lowest BCUT2D eigenvalue weighted by Gasteiger charge is -2.30. The lowest BCUT2D eigenvalue weighted by Crippen LogP contribution is -2.43. The number of anilines is 1. The largest absolute Gasteiger partial charge is 0.494 e. The van der Waals surface area contributed by atoms with Crippen LogP contribution in [0.15, 0.2) is 53.4 Å². The second kappa shape index (κ2) is 13.5.